The summed E-state index contributed by atoms with van der Waals surface area (Å²) in [6.07, 6.45) is 7.06. The highest BCUT2D eigenvalue weighted by atomic mass is 35.5. The Morgan fingerprint density at radius 1 is 1.12 bits per heavy atom. The van der Waals surface area contributed by atoms with Gasteiger partial charge in [-0.15, -0.1) is 11.8 Å². The van der Waals surface area contributed by atoms with Gasteiger partial charge in [-0.25, -0.2) is 4.98 Å². The van der Waals surface area contributed by atoms with Crippen molar-refractivity contribution in [1.82, 2.24) is 9.88 Å². The molecular formula is C19H22ClN3S. The predicted octanol–water partition coefficient (Wildman–Crippen LogP) is 4.70. The van der Waals surface area contributed by atoms with Gasteiger partial charge >= 0.3 is 0 Å². The van der Waals surface area contributed by atoms with Crippen LogP contribution in [0.1, 0.15) is 25.7 Å². The largest absolute Gasteiger partial charge is 0.384 e. The van der Waals surface area contributed by atoms with Gasteiger partial charge in [-0.05, 0) is 62.6 Å². The molecule has 2 N–H and O–H groups in total. The molecule has 1 aromatic heterocycles. The van der Waals surface area contributed by atoms with Gasteiger partial charge in [0.05, 0.1) is 5.02 Å². The van der Waals surface area contributed by atoms with Gasteiger partial charge in [-0.1, -0.05) is 17.7 Å². The molecule has 2 aromatic rings. The van der Waals surface area contributed by atoms with Crippen molar-refractivity contribution in [2.24, 2.45) is 0 Å². The molecule has 1 unspecified atom stereocenters. The maximum atomic E-state index is 6.57. The third-order valence-corrected chi connectivity index (χ3v) is 7.15. The maximum absolute atomic E-state index is 6.57. The van der Waals surface area contributed by atoms with Gasteiger partial charge in [-0.2, -0.15) is 0 Å². The number of nitrogen functional groups attached to an aromatic ring is 1. The van der Waals surface area contributed by atoms with Crippen molar-refractivity contribution in [1.29, 1.82) is 0 Å². The molecule has 0 spiro atoms. The fraction of sp³-hybridized carbons (Fsp3) is 0.421. The lowest BCUT2D eigenvalue weighted by atomic mass is 10.0. The van der Waals surface area contributed by atoms with E-state index in [1.807, 2.05) is 30.0 Å². The number of rotatable bonds is 3. The fourth-order valence-corrected chi connectivity index (χ4v) is 5.62. The van der Waals surface area contributed by atoms with Crippen molar-refractivity contribution in [2.75, 3.05) is 12.8 Å². The van der Waals surface area contributed by atoms with Gasteiger partial charge in [0.15, 0.2) is 0 Å². The quantitative estimate of drug-likeness (QED) is 0.862. The lowest BCUT2D eigenvalue weighted by Crippen LogP contribution is -2.40. The Hall–Kier alpha value is -1.23. The minimum atomic E-state index is 0.536. The third kappa shape index (κ3) is 3.15. The average molecular weight is 360 g/mol. The number of fused-ring (bicyclic) bond motifs is 2. The topological polar surface area (TPSA) is 42.1 Å². The number of halogens is 1. The van der Waals surface area contributed by atoms with E-state index in [-0.39, 0.29) is 0 Å². The van der Waals surface area contributed by atoms with E-state index in [9.17, 15) is 0 Å². The number of piperidine rings is 1. The summed E-state index contributed by atoms with van der Waals surface area (Å²) in [4.78, 5) is 7.93. The van der Waals surface area contributed by atoms with E-state index in [4.69, 9.17) is 17.3 Å². The molecule has 0 amide bonds. The SMILES string of the molecule is CN1[C@@H]2CC[C@H]1CC(Sc1ccc(-c3ccc(N)nc3)cc1Cl)C2. The van der Waals surface area contributed by atoms with Crippen LogP contribution in [0.2, 0.25) is 5.02 Å². The van der Waals surface area contributed by atoms with Crippen LogP contribution in [0.4, 0.5) is 5.82 Å². The first-order valence-electron chi connectivity index (χ1n) is 8.50. The summed E-state index contributed by atoms with van der Waals surface area (Å²) in [7, 11) is 2.28. The Morgan fingerprint density at radius 3 is 2.46 bits per heavy atom. The molecule has 4 rings (SSSR count). The highest BCUT2D eigenvalue weighted by molar-refractivity contribution is 8.00. The van der Waals surface area contributed by atoms with E-state index < -0.39 is 0 Å². The minimum Gasteiger partial charge on any atom is -0.384 e. The zero-order valence-corrected chi connectivity index (χ0v) is 15.4. The normalized spacial score (nSPS) is 26.7. The summed E-state index contributed by atoms with van der Waals surface area (Å²) in [6.45, 7) is 0. The molecule has 2 saturated heterocycles. The summed E-state index contributed by atoms with van der Waals surface area (Å²) in [6, 6.07) is 11.7. The highest BCUT2D eigenvalue weighted by Gasteiger charge is 2.38. The smallest absolute Gasteiger partial charge is 0.123 e. The summed E-state index contributed by atoms with van der Waals surface area (Å²) < 4.78 is 0. The Morgan fingerprint density at radius 2 is 1.83 bits per heavy atom. The molecule has 1 aromatic carbocycles. The van der Waals surface area contributed by atoms with Gasteiger partial charge < -0.3 is 10.6 Å². The van der Waals surface area contributed by atoms with E-state index >= 15 is 0 Å². The van der Waals surface area contributed by atoms with E-state index in [1.54, 1.807) is 6.20 Å². The average Bonchev–Trinajstić information content (AvgIpc) is 2.79. The molecule has 3 nitrogen and oxygen atoms in total. The van der Waals surface area contributed by atoms with E-state index in [1.165, 1.54) is 30.6 Å². The Balaban J connectivity index is 1.50. The van der Waals surface area contributed by atoms with Crippen molar-refractivity contribution in [3.05, 3.63) is 41.6 Å². The van der Waals surface area contributed by atoms with Crippen LogP contribution < -0.4 is 5.73 Å². The molecule has 5 heteroatoms. The number of thioether (sulfide) groups is 1. The summed E-state index contributed by atoms with van der Waals surface area (Å²) in [5, 5.41) is 1.51. The lowest BCUT2D eigenvalue weighted by molar-refractivity contribution is 0.183. The molecule has 0 saturated carbocycles. The van der Waals surface area contributed by atoms with Crippen LogP contribution in [-0.2, 0) is 0 Å². The zero-order valence-electron chi connectivity index (χ0n) is 13.8. The van der Waals surface area contributed by atoms with Crippen LogP contribution >= 0.6 is 23.4 Å². The van der Waals surface area contributed by atoms with Crippen molar-refractivity contribution in [3.63, 3.8) is 0 Å². The molecule has 24 heavy (non-hydrogen) atoms. The molecule has 3 heterocycles. The van der Waals surface area contributed by atoms with Crippen molar-refractivity contribution in [2.45, 2.75) is 47.9 Å². The first kappa shape index (κ1) is 16.2. The van der Waals surface area contributed by atoms with Gasteiger partial charge in [0.1, 0.15) is 5.82 Å². The number of hydrogen-bond acceptors (Lipinski definition) is 4. The second-order valence-corrected chi connectivity index (χ2v) is 8.63. The van der Waals surface area contributed by atoms with Crippen LogP contribution in [0.3, 0.4) is 0 Å². The Bertz CT molecular complexity index is 720. The monoisotopic (exact) mass is 359 g/mol. The molecular weight excluding hydrogens is 338 g/mol. The number of hydrogen-bond donors (Lipinski definition) is 1. The van der Waals surface area contributed by atoms with Gasteiger partial charge in [0.25, 0.3) is 0 Å². The predicted molar refractivity (Wildman–Crippen MR) is 103 cm³/mol. The molecule has 3 atom stereocenters. The highest BCUT2D eigenvalue weighted by Crippen LogP contribution is 2.43. The van der Waals surface area contributed by atoms with E-state index in [0.29, 0.717) is 11.1 Å². The number of aromatic nitrogens is 1. The minimum absolute atomic E-state index is 0.536. The Kier molecular flexibility index (Phi) is 4.46. The first-order valence-corrected chi connectivity index (χ1v) is 9.76. The number of benzene rings is 1. The number of anilines is 1. The van der Waals surface area contributed by atoms with Crippen LogP contribution in [0, 0.1) is 0 Å². The van der Waals surface area contributed by atoms with E-state index in [0.717, 1.165) is 28.2 Å². The number of nitrogens with zero attached hydrogens (tertiary/aromatic N) is 2. The number of pyridine rings is 1. The van der Waals surface area contributed by atoms with Gasteiger partial charge in [0, 0.05) is 34.0 Å². The molecule has 2 aliphatic rings. The van der Waals surface area contributed by atoms with Crippen molar-refractivity contribution < 1.29 is 0 Å². The van der Waals surface area contributed by atoms with Gasteiger partial charge in [-0.3, -0.25) is 0 Å². The molecule has 2 bridgehead atoms. The summed E-state index contributed by atoms with van der Waals surface area (Å²) in [5.74, 6) is 0.536. The van der Waals surface area contributed by atoms with Crippen LogP contribution in [0.25, 0.3) is 11.1 Å². The third-order valence-electron chi connectivity index (χ3n) is 5.40. The molecule has 2 fully saturated rings. The number of nitrogens with two attached hydrogens (primary N) is 1. The van der Waals surface area contributed by atoms with Crippen LogP contribution in [0.15, 0.2) is 41.4 Å². The molecule has 126 valence electrons. The van der Waals surface area contributed by atoms with Crippen molar-refractivity contribution >= 4 is 29.2 Å². The summed E-state index contributed by atoms with van der Waals surface area (Å²) >= 11 is 8.52. The van der Waals surface area contributed by atoms with Crippen LogP contribution in [0.5, 0.6) is 0 Å². The van der Waals surface area contributed by atoms with Crippen molar-refractivity contribution in [3.8, 4) is 11.1 Å². The first-order chi connectivity index (χ1) is 11.6. The second kappa shape index (κ2) is 6.58. The van der Waals surface area contributed by atoms with E-state index in [2.05, 4.69) is 29.1 Å². The summed E-state index contributed by atoms with van der Waals surface area (Å²) in [5.41, 5.74) is 7.78. The zero-order chi connectivity index (χ0) is 16.7. The standard InChI is InChI=1S/C19H22ClN3S/c1-23-14-4-5-15(23)10-16(9-14)24-18-6-2-12(8-17(18)20)13-3-7-19(21)22-11-13/h2-3,6-8,11,14-16H,4-5,9-10H2,1H3,(H2,21,22)/t14-,15+,16?. The molecule has 0 aliphatic carbocycles. The molecule has 2 aliphatic heterocycles. The van der Waals surface area contributed by atoms with Gasteiger partial charge in [0.2, 0.25) is 0 Å². The Labute approximate surface area is 152 Å². The molecule has 0 radical (unpaired) electrons. The lowest BCUT2D eigenvalue weighted by Gasteiger charge is -2.36. The fourth-order valence-electron chi connectivity index (χ4n) is 3.99. The van der Waals surface area contributed by atoms with Crippen LogP contribution in [-0.4, -0.2) is 34.3 Å². The maximum Gasteiger partial charge on any atom is 0.123 e. The second-order valence-electron chi connectivity index (χ2n) is 6.88.